The van der Waals surface area contributed by atoms with E-state index < -0.39 is 44.9 Å². The lowest BCUT2D eigenvalue weighted by Gasteiger charge is -2.14. The van der Waals surface area contributed by atoms with Crippen molar-refractivity contribution in [1.29, 1.82) is 0 Å². The molecule has 118 valence electrons. The van der Waals surface area contributed by atoms with Gasteiger partial charge in [-0.05, 0) is 36.9 Å². The number of alkyl halides is 7. The number of thioether (sulfide) groups is 1. The average Bonchev–Trinajstić information content (AvgIpc) is 2.23. The van der Waals surface area contributed by atoms with Crippen molar-refractivity contribution >= 4 is 33.5 Å². The Morgan fingerprint density at radius 3 is 2.24 bits per heavy atom. The van der Waals surface area contributed by atoms with E-state index in [1.807, 2.05) is 0 Å². The van der Waals surface area contributed by atoms with E-state index in [1.54, 1.807) is 0 Å². The second-order valence-electron chi connectivity index (χ2n) is 3.73. The number of ether oxygens (including phenoxy) is 1. The molecule has 1 rings (SSSR count). The first-order valence-corrected chi connectivity index (χ1v) is 6.96. The molecule has 1 aromatic carbocycles. The van der Waals surface area contributed by atoms with Crippen LogP contribution >= 0.6 is 27.7 Å². The molecule has 0 aromatic heterocycles. The summed E-state index contributed by atoms with van der Waals surface area (Å²) in [6, 6.07) is 2.19. The molecule has 21 heavy (non-hydrogen) atoms. The SMILES string of the molecule is CC(Br)C(=O)c1ccc(OC(F)(F)F)cc1SC(F)(F)F. The van der Waals surface area contributed by atoms with E-state index in [9.17, 15) is 31.1 Å². The molecule has 0 heterocycles. The second-order valence-corrected chi connectivity index (χ2v) is 6.21. The van der Waals surface area contributed by atoms with Crippen LogP contribution in [0.4, 0.5) is 26.3 Å². The summed E-state index contributed by atoms with van der Waals surface area (Å²) < 4.78 is 77.1. The Morgan fingerprint density at radius 2 is 1.81 bits per heavy atom. The molecule has 0 radical (unpaired) electrons. The second kappa shape index (κ2) is 6.47. The summed E-state index contributed by atoms with van der Waals surface area (Å²) in [5.74, 6) is -1.51. The summed E-state index contributed by atoms with van der Waals surface area (Å²) in [5, 5.41) is 0. The minimum atomic E-state index is -5.03. The van der Waals surface area contributed by atoms with Crippen LogP contribution < -0.4 is 4.74 Å². The van der Waals surface area contributed by atoms with Crippen molar-refractivity contribution in [1.82, 2.24) is 0 Å². The molecule has 2 nitrogen and oxygen atoms in total. The summed E-state index contributed by atoms with van der Waals surface area (Å²) >= 11 is 2.23. The van der Waals surface area contributed by atoms with Gasteiger partial charge >= 0.3 is 11.9 Å². The van der Waals surface area contributed by atoms with Gasteiger partial charge in [-0.1, -0.05) is 15.9 Å². The predicted octanol–water partition coefficient (Wildman–Crippen LogP) is 5.16. The first-order valence-electron chi connectivity index (χ1n) is 5.23. The number of benzene rings is 1. The molecule has 0 N–H and O–H groups in total. The highest BCUT2D eigenvalue weighted by Crippen LogP contribution is 2.41. The first-order chi connectivity index (χ1) is 9.39. The summed E-state index contributed by atoms with van der Waals surface area (Å²) in [7, 11) is 0. The van der Waals surface area contributed by atoms with Crippen LogP contribution in [0, 0.1) is 0 Å². The normalized spacial score (nSPS) is 13.9. The van der Waals surface area contributed by atoms with Gasteiger partial charge in [0.25, 0.3) is 0 Å². The van der Waals surface area contributed by atoms with Crippen LogP contribution in [0.3, 0.4) is 0 Å². The Hall–Kier alpha value is -0.900. The third kappa shape index (κ3) is 6.16. The Morgan fingerprint density at radius 1 is 1.24 bits per heavy atom. The summed E-state index contributed by atoms with van der Waals surface area (Å²) in [4.78, 5) is 10.3. The highest BCUT2D eigenvalue weighted by Gasteiger charge is 2.34. The first kappa shape index (κ1) is 18.1. The molecule has 0 amide bonds. The number of Topliss-reactive ketones (excluding diaryl/α,β-unsaturated/α-hetero) is 1. The highest BCUT2D eigenvalue weighted by molar-refractivity contribution is 9.10. The maximum Gasteiger partial charge on any atom is 0.573 e. The minimum Gasteiger partial charge on any atom is -0.406 e. The zero-order chi connectivity index (χ0) is 16.4. The number of hydrogen-bond donors (Lipinski definition) is 0. The van der Waals surface area contributed by atoms with Crippen LogP contribution in [0.2, 0.25) is 0 Å². The minimum absolute atomic E-state index is 0.337. The van der Waals surface area contributed by atoms with Gasteiger partial charge in [-0.2, -0.15) is 13.2 Å². The molecule has 0 spiro atoms. The van der Waals surface area contributed by atoms with Gasteiger partial charge in [0.05, 0.1) is 4.83 Å². The van der Waals surface area contributed by atoms with Gasteiger partial charge in [0, 0.05) is 10.5 Å². The molecule has 0 aliphatic carbocycles. The van der Waals surface area contributed by atoms with Gasteiger partial charge in [-0.3, -0.25) is 4.79 Å². The number of rotatable bonds is 4. The lowest BCUT2D eigenvalue weighted by molar-refractivity contribution is -0.274. The molecule has 1 atom stereocenters. The zero-order valence-electron chi connectivity index (χ0n) is 10.2. The standard InChI is InChI=1S/C11H7BrF6O2S/c1-5(12)9(19)7-3-2-6(20-10(13,14)15)4-8(7)21-11(16,17)18/h2-5H,1H3. The van der Waals surface area contributed by atoms with Crippen molar-refractivity contribution in [3.05, 3.63) is 23.8 Å². The van der Waals surface area contributed by atoms with Crippen LogP contribution in [-0.2, 0) is 0 Å². The molecular weight excluding hydrogens is 390 g/mol. The molecule has 0 aliphatic rings. The van der Waals surface area contributed by atoms with Gasteiger partial charge in [0.1, 0.15) is 5.75 Å². The van der Waals surface area contributed by atoms with Crippen molar-refractivity contribution in [3.63, 3.8) is 0 Å². The fourth-order valence-electron chi connectivity index (χ4n) is 1.33. The fourth-order valence-corrected chi connectivity index (χ4v) is 2.28. The van der Waals surface area contributed by atoms with Crippen LogP contribution in [0.25, 0.3) is 0 Å². The average molecular weight is 397 g/mol. The van der Waals surface area contributed by atoms with Crippen LogP contribution in [-0.4, -0.2) is 22.5 Å². The lowest BCUT2D eigenvalue weighted by atomic mass is 10.1. The van der Waals surface area contributed by atoms with Gasteiger partial charge in [-0.15, -0.1) is 13.2 Å². The molecule has 0 aliphatic heterocycles. The molecule has 10 heteroatoms. The van der Waals surface area contributed by atoms with E-state index in [2.05, 4.69) is 20.7 Å². The van der Waals surface area contributed by atoms with E-state index in [-0.39, 0.29) is 5.56 Å². The Labute approximate surface area is 128 Å². The van der Waals surface area contributed by atoms with Crippen molar-refractivity contribution in [2.75, 3.05) is 0 Å². The monoisotopic (exact) mass is 396 g/mol. The van der Waals surface area contributed by atoms with Gasteiger partial charge < -0.3 is 4.74 Å². The summed E-state index contributed by atoms with van der Waals surface area (Å²) in [6.07, 6.45) is -5.03. The number of hydrogen-bond acceptors (Lipinski definition) is 3. The smallest absolute Gasteiger partial charge is 0.406 e. The van der Waals surface area contributed by atoms with Gasteiger partial charge in [-0.25, -0.2) is 0 Å². The topological polar surface area (TPSA) is 26.3 Å². The van der Waals surface area contributed by atoms with Crippen molar-refractivity contribution in [3.8, 4) is 5.75 Å². The summed E-state index contributed by atoms with van der Waals surface area (Å²) in [5.41, 5.74) is -5.09. The van der Waals surface area contributed by atoms with Gasteiger partial charge in [0.2, 0.25) is 0 Å². The molecule has 1 aromatic rings. The molecule has 0 saturated heterocycles. The quantitative estimate of drug-likeness (QED) is 0.304. The highest BCUT2D eigenvalue weighted by atomic mass is 79.9. The molecular formula is C11H7BrF6O2S. The fraction of sp³-hybridized carbons (Fsp3) is 0.364. The number of ketones is 1. The van der Waals surface area contributed by atoms with E-state index in [1.165, 1.54) is 6.92 Å². The Bertz CT molecular complexity index is 526. The van der Waals surface area contributed by atoms with Crippen LogP contribution in [0.5, 0.6) is 5.75 Å². The number of carbonyl (C=O) groups excluding carboxylic acids is 1. The van der Waals surface area contributed by atoms with Crippen LogP contribution in [0.15, 0.2) is 23.1 Å². The molecule has 0 bridgehead atoms. The maximum absolute atomic E-state index is 12.4. The largest absolute Gasteiger partial charge is 0.573 e. The van der Waals surface area contributed by atoms with Gasteiger partial charge in [0.15, 0.2) is 5.78 Å². The lowest BCUT2D eigenvalue weighted by Crippen LogP contribution is -2.18. The third-order valence-corrected chi connectivity index (χ3v) is 3.24. The molecule has 0 saturated carbocycles. The van der Waals surface area contributed by atoms with E-state index in [4.69, 9.17) is 0 Å². The van der Waals surface area contributed by atoms with E-state index >= 15 is 0 Å². The number of halogens is 7. The van der Waals surface area contributed by atoms with Crippen LogP contribution in [0.1, 0.15) is 17.3 Å². The van der Waals surface area contributed by atoms with Crippen molar-refractivity contribution in [2.45, 2.75) is 28.5 Å². The number of carbonyl (C=O) groups is 1. The van der Waals surface area contributed by atoms with E-state index in [0.29, 0.717) is 6.07 Å². The maximum atomic E-state index is 12.4. The predicted molar refractivity (Wildman–Crippen MR) is 67.8 cm³/mol. The summed E-state index contributed by atoms with van der Waals surface area (Å²) in [6.45, 7) is 1.39. The Kier molecular flexibility index (Phi) is 5.59. The van der Waals surface area contributed by atoms with Crippen molar-refractivity contribution in [2.24, 2.45) is 0 Å². The Balaban J connectivity index is 3.23. The van der Waals surface area contributed by atoms with E-state index in [0.717, 1.165) is 12.1 Å². The van der Waals surface area contributed by atoms with Crippen molar-refractivity contribution < 1.29 is 35.9 Å². The molecule has 1 unspecified atom stereocenters. The zero-order valence-corrected chi connectivity index (χ0v) is 12.6. The third-order valence-electron chi connectivity index (χ3n) is 2.04. The molecule has 0 fully saturated rings.